The summed E-state index contributed by atoms with van der Waals surface area (Å²) >= 11 is 0. The SMILES string of the molecule is Cc1ccc(OCCCC(=O)N(CCc2ccccc2)[C@@H](C)C(=O)NC(C)(C)C)cc1. The van der Waals surface area contributed by atoms with Crippen LogP contribution in [-0.4, -0.2) is 41.4 Å². The van der Waals surface area contributed by atoms with Gasteiger partial charge in [-0.15, -0.1) is 0 Å². The average Bonchev–Trinajstić information content (AvgIpc) is 2.72. The number of carbonyl (C=O) groups excluding carboxylic acids is 2. The van der Waals surface area contributed by atoms with E-state index in [0.29, 0.717) is 32.4 Å². The number of ether oxygens (including phenoxy) is 1. The molecule has 0 heterocycles. The van der Waals surface area contributed by atoms with Crippen molar-refractivity contribution in [1.29, 1.82) is 0 Å². The summed E-state index contributed by atoms with van der Waals surface area (Å²) < 4.78 is 5.74. The lowest BCUT2D eigenvalue weighted by Gasteiger charge is -2.31. The number of hydrogen-bond donors (Lipinski definition) is 1. The van der Waals surface area contributed by atoms with E-state index in [0.717, 1.165) is 11.3 Å². The molecule has 0 aliphatic rings. The summed E-state index contributed by atoms with van der Waals surface area (Å²) in [4.78, 5) is 27.4. The zero-order chi connectivity index (χ0) is 22.9. The van der Waals surface area contributed by atoms with Gasteiger partial charge in [0.2, 0.25) is 11.8 Å². The van der Waals surface area contributed by atoms with Gasteiger partial charge in [0.25, 0.3) is 0 Å². The first kappa shape index (κ1) is 24.4. The topological polar surface area (TPSA) is 58.6 Å². The van der Waals surface area contributed by atoms with Gasteiger partial charge in [0.15, 0.2) is 0 Å². The molecule has 1 atom stereocenters. The van der Waals surface area contributed by atoms with Gasteiger partial charge in [-0.05, 0) is 65.2 Å². The second-order valence-corrected chi connectivity index (χ2v) is 9.00. The Balaban J connectivity index is 1.95. The van der Waals surface area contributed by atoms with Gasteiger partial charge in [-0.2, -0.15) is 0 Å². The molecular formula is C26H36N2O3. The fourth-order valence-electron chi connectivity index (χ4n) is 3.24. The maximum atomic E-state index is 13.0. The number of carbonyl (C=O) groups is 2. The van der Waals surface area contributed by atoms with Crippen molar-refractivity contribution in [2.75, 3.05) is 13.2 Å². The third-order valence-corrected chi connectivity index (χ3v) is 4.97. The summed E-state index contributed by atoms with van der Waals surface area (Å²) in [6.45, 7) is 10.6. The summed E-state index contributed by atoms with van der Waals surface area (Å²) in [6, 6.07) is 17.4. The molecule has 1 N–H and O–H groups in total. The zero-order valence-corrected chi connectivity index (χ0v) is 19.5. The van der Waals surface area contributed by atoms with Crippen molar-refractivity contribution < 1.29 is 14.3 Å². The number of rotatable bonds is 10. The summed E-state index contributed by atoms with van der Waals surface area (Å²) in [5.41, 5.74) is 1.98. The Labute approximate surface area is 186 Å². The Hall–Kier alpha value is -2.82. The molecule has 0 spiro atoms. The van der Waals surface area contributed by atoms with Crippen LogP contribution in [0.2, 0.25) is 0 Å². The van der Waals surface area contributed by atoms with Crippen molar-refractivity contribution in [3.05, 3.63) is 65.7 Å². The molecule has 168 valence electrons. The second-order valence-electron chi connectivity index (χ2n) is 9.00. The van der Waals surface area contributed by atoms with Crippen LogP contribution >= 0.6 is 0 Å². The highest BCUT2D eigenvalue weighted by Crippen LogP contribution is 2.13. The maximum Gasteiger partial charge on any atom is 0.242 e. The van der Waals surface area contributed by atoms with Crippen molar-refractivity contribution in [2.24, 2.45) is 0 Å². The van der Waals surface area contributed by atoms with Gasteiger partial charge in [-0.3, -0.25) is 9.59 Å². The summed E-state index contributed by atoms with van der Waals surface area (Å²) in [5.74, 6) is 0.640. The van der Waals surface area contributed by atoms with Crippen LogP contribution in [0.5, 0.6) is 5.75 Å². The Kier molecular flexibility index (Phi) is 9.10. The number of benzene rings is 2. The van der Waals surface area contributed by atoms with Crippen molar-refractivity contribution in [3.8, 4) is 5.75 Å². The molecule has 5 nitrogen and oxygen atoms in total. The van der Waals surface area contributed by atoms with Crippen LogP contribution in [0.25, 0.3) is 0 Å². The molecule has 2 aromatic rings. The first-order chi connectivity index (χ1) is 14.7. The first-order valence-corrected chi connectivity index (χ1v) is 11.0. The van der Waals surface area contributed by atoms with Crippen LogP contribution in [0.3, 0.4) is 0 Å². The van der Waals surface area contributed by atoms with Crippen LogP contribution < -0.4 is 10.1 Å². The van der Waals surface area contributed by atoms with Gasteiger partial charge in [0.1, 0.15) is 11.8 Å². The molecule has 0 fully saturated rings. The molecule has 0 aliphatic heterocycles. The number of amides is 2. The predicted molar refractivity (Wildman–Crippen MR) is 125 cm³/mol. The number of nitrogens with zero attached hydrogens (tertiary/aromatic N) is 1. The lowest BCUT2D eigenvalue weighted by Crippen LogP contribution is -2.53. The minimum Gasteiger partial charge on any atom is -0.494 e. The minimum absolute atomic E-state index is 0.0278. The Bertz CT molecular complexity index is 826. The Morgan fingerprint density at radius 2 is 1.68 bits per heavy atom. The van der Waals surface area contributed by atoms with E-state index in [2.05, 4.69) is 5.32 Å². The van der Waals surface area contributed by atoms with Gasteiger partial charge in [0.05, 0.1) is 6.61 Å². The fourth-order valence-corrected chi connectivity index (χ4v) is 3.24. The predicted octanol–water partition coefficient (Wildman–Crippen LogP) is 4.53. The molecule has 5 heteroatoms. The van der Waals surface area contributed by atoms with Gasteiger partial charge >= 0.3 is 0 Å². The third kappa shape index (κ3) is 8.83. The van der Waals surface area contributed by atoms with Crippen LogP contribution in [0, 0.1) is 6.92 Å². The summed E-state index contributed by atoms with van der Waals surface area (Å²) in [6.07, 6.45) is 1.65. The van der Waals surface area contributed by atoms with Crippen molar-refractivity contribution in [3.63, 3.8) is 0 Å². The summed E-state index contributed by atoms with van der Waals surface area (Å²) in [7, 11) is 0. The quantitative estimate of drug-likeness (QED) is 0.570. The summed E-state index contributed by atoms with van der Waals surface area (Å²) in [5, 5.41) is 2.99. The van der Waals surface area contributed by atoms with E-state index in [-0.39, 0.29) is 17.4 Å². The fraction of sp³-hybridized carbons (Fsp3) is 0.462. The molecule has 0 radical (unpaired) electrons. The van der Waals surface area contributed by atoms with Gasteiger partial charge in [0, 0.05) is 18.5 Å². The average molecular weight is 425 g/mol. The Morgan fingerprint density at radius 3 is 2.29 bits per heavy atom. The molecule has 2 aromatic carbocycles. The van der Waals surface area contributed by atoms with E-state index in [1.165, 1.54) is 5.56 Å². The van der Waals surface area contributed by atoms with Gasteiger partial charge in [-0.25, -0.2) is 0 Å². The highest BCUT2D eigenvalue weighted by atomic mass is 16.5. The van der Waals surface area contributed by atoms with E-state index >= 15 is 0 Å². The van der Waals surface area contributed by atoms with Crippen molar-refractivity contribution in [1.82, 2.24) is 10.2 Å². The minimum atomic E-state index is -0.534. The van der Waals surface area contributed by atoms with E-state index in [4.69, 9.17) is 4.74 Å². The highest BCUT2D eigenvalue weighted by Gasteiger charge is 2.27. The lowest BCUT2D eigenvalue weighted by molar-refractivity contribution is -0.140. The van der Waals surface area contributed by atoms with Crippen LogP contribution in [0.1, 0.15) is 51.7 Å². The molecule has 0 saturated carbocycles. The molecule has 2 rings (SSSR count). The monoisotopic (exact) mass is 424 g/mol. The lowest BCUT2D eigenvalue weighted by atomic mass is 10.1. The molecule has 0 unspecified atom stereocenters. The molecule has 0 bridgehead atoms. The van der Waals surface area contributed by atoms with E-state index < -0.39 is 6.04 Å². The number of hydrogen-bond acceptors (Lipinski definition) is 3. The van der Waals surface area contributed by atoms with Crippen molar-refractivity contribution in [2.45, 2.75) is 65.5 Å². The van der Waals surface area contributed by atoms with Crippen molar-refractivity contribution >= 4 is 11.8 Å². The third-order valence-electron chi connectivity index (χ3n) is 4.97. The maximum absolute atomic E-state index is 13.0. The standard InChI is InChI=1S/C26H36N2O3/c1-20-13-15-23(16-14-20)31-19-9-12-24(29)28(18-17-22-10-7-6-8-11-22)21(2)25(30)27-26(3,4)5/h6-8,10-11,13-16,21H,9,12,17-19H2,1-5H3,(H,27,30)/t21-/m0/s1. The van der Waals surface area contributed by atoms with Crippen LogP contribution in [-0.2, 0) is 16.0 Å². The Morgan fingerprint density at radius 1 is 1.03 bits per heavy atom. The molecule has 2 amide bonds. The molecule has 31 heavy (non-hydrogen) atoms. The zero-order valence-electron chi connectivity index (χ0n) is 19.5. The second kappa shape index (κ2) is 11.5. The van der Waals surface area contributed by atoms with E-state index in [1.807, 2.05) is 82.3 Å². The number of nitrogens with one attached hydrogen (secondary N) is 1. The van der Waals surface area contributed by atoms with Gasteiger partial charge in [-0.1, -0.05) is 48.0 Å². The van der Waals surface area contributed by atoms with Gasteiger partial charge < -0.3 is 15.0 Å². The van der Waals surface area contributed by atoms with Crippen LogP contribution in [0.15, 0.2) is 54.6 Å². The normalized spacial score (nSPS) is 12.2. The molecule has 0 aromatic heterocycles. The van der Waals surface area contributed by atoms with E-state index in [9.17, 15) is 9.59 Å². The largest absolute Gasteiger partial charge is 0.494 e. The highest BCUT2D eigenvalue weighted by molar-refractivity contribution is 5.87. The number of aryl methyl sites for hydroxylation is 1. The molecular weight excluding hydrogens is 388 g/mol. The first-order valence-electron chi connectivity index (χ1n) is 11.0. The molecule has 0 aliphatic carbocycles. The smallest absolute Gasteiger partial charge is 0.242 e. The molecule has 0 saturated heterocycles. The van der Waals surface area contributed by atoms with E-state index in [1.54, 1.807) is 11.8 Å². The van der Waals surface area contributed by atoms with Crippen LogP contribution in [0.4, 0.5) is 0 Å².